The SMILES string of the molecule is CCCCOc1c2n(cc(C(=O)NCc3c(F)cc(F)cc3F)c1=O)[C@@H]1CN(C2=O)[C@@H](C)C=C[C@]1(C)O. The third kappa shape index (κ3) is 4.87. The number of rotatable bonds is 7. The molecule has 37 heavy (non-hydrogen) atoms. The van der Waals surface area contributed by atoms with Crippen molar-refractivity contribution in [2.75, 3.05) is 13.2 Å². The average Bonchev–Trinajstić information content (AvgIpc) is 2.92. The summed E-state index contributed by atoms with van der Waals surface area (Å²) in [6.07, 6.45) is 5.75. The summed E-state index contributed by atoms with van der Waals surface area (Å²) in [7, 11) is 0. The van der Waals surface area contributed by atoms with Crippen molar-refractivity contribution < 1.29 is 32.6 Å². The highest BCUT2D eigenvalue weighted by Gasteiger charge is 2.45. The maximum Gasteiger partial charge on any atom is 0.275 e. The van der Waals surface area contributed by atoms with Gasteiger partial charge in [0.1, 0.15) is 28.6 Å². The molecule has 2 bridgehead atoms. The number of fused-ring (bicyclic) bond motifs is 4. The Kier molecular flexibility index (Phi) is 7.18. The normalized spacial score (nSPS) is 22.5. The van der Waals surface area contributed by atoms with Crippen LogP contribution < -0.4 is 15.5 Å². The maximum atomic E-state index is 14.1. The molecule has 3 heterocycles. The lowest BCUT2D eigenvalue weighted by Gasteiger charge is -2.41. The molecule has 2 N–H and O–H groups in total. The Bertz CT molecular complexity index is 1310. The van der Waals surface area contributed by atoms with E-state index in [2.05, 4.69) is 5.32 Å². The molecule has 0 radical (unpaired) electrons. The number of ether oxygens (including phenoxy) is 1. The molecule has 8 nitrogen and oxygen atoms in total. The minimum Gasteiger partial charge on any atom is -0.487 e. The Morgan fingerprint density at radius 3 is 2.57 bits per heavy atom. The molecule has 1 aromatic carbocycles. The van der Waals surface area contributed by atoms with E-state index in [1.54, 1.807) is 26.0 Å². The van der Waals surface area contributed by atoms with Crippen LogP contribution in [0.25, 0.3) is 0 Å². The van der Waals surface area contributed by atoms with E-state index < -0.39 is 64.0 Å². The molecule has 2 aliphatic heterocycles. The number of nitrogens with zero attached hydrogens (tertiary/aromatic N) is 2. The smallest absolute Gasteiger partial charge is 0.275 e. The van der Waals surface area contributed by atoms with Crippen LogP contribution in [0.4, 0.5) is 13.2 Å². The fourth-order valence-electron chi connectivity index (χ4n) is 4.54. The van der Waals surface area contributed by atoms with E-state index in [9.17, 15) is 32.7 Å². The molecule has 0 saturated carbocycles. The van der Waals surface area contributed by atoms with Crippen molar-refractivity contribution in [3.05, 3.63) is 75.0 Å². The van der Waals surface area contributed by atoms with Gasteiger partial charge in [0.25, 0.3) is 11.8 Å². The van der Waals surface area contributed by atoms with E-state index in [1.165, 1.54) is 9.47 Å². The average molecular weight is 520 g/mol. The first kappa shape index (κ1) is 26.5. The van der Waals surface area contributed by atoms with E-state index in [1.807, 2.05) is 6.92 Å². The highest BCUT2D eigenvalue weighted by atomic mass is 19.1. The molecule has 11 heteroatoms. The summed E-state index contributed by atoms with van der Waals surface area (Å²) in [5.41, 5.74) is -3.41. The molecule has 0 spiro atoms. The van der Waals surface area contributed by atoms with Crippen molar-refractivity contribution >= 4 is 11.8 Å². The van der Waals surface area contributed by atoms with Crippen LogP contribution in [0.1, 0.15) is 66.1 Å². The van der Waals surface area contributed by atoms with Gasteiger partial charge in [-0.2, -0.15) is 0 Å². The molecule has 0 saturated heterocycles. The van der Waals surface area contributed by atoms with E-state index in [0.717, 1.165) is 12.6 Å². The highest BCUT2D eigenvalue weighted by molar-refractivity contribution is 5.99. The van der Waals surface area contributed by atoms with Crippen molar-refractivity contribution in [2.24, 2.45) is 0 Å². The summed E-state index contributed by atoms with van der Waals surface area (Å²) >= 11 is 0. The van der Waals surface area contributed by atoms with Crippen molar-refractivity contribution in [1.82, 2.24) is 14.8 Å². The third-order valence-electron chi connectivity index (χ3n) is 6.76. The van der Waals surface area contributed by atoms with Gasteiger partial charge in [-0.1, -0.05) is 25.5 Å². The number of hydrogen-bond acceptors (Lipinski definition) is 5. The molecular formula is C26H28F3N3O5. The molecular weight excluding hydrogens is 491 g/mol. The van der Waals surface area contributed by atoms with Crippen LogP contribution >= 0.6 is 0 Å². The molecule has 3 atom stereocenters. The van der Waals surface area contributed by atoms with Crippen molar-refractivity contribution in [3.8, 4) is 5.75 Å². The summed E-state index contributed by atoms with van der Waals surface area (Å²) in [4.78, 5) is 41.5. The van der Waals surface area contributed by atoms with Gasteiger partial charge in [-0.15, -0.1) is 0 Å². The number of aromatic nitrogens is 1. The number of carbonyl (C=O) groups excluding carboxylic acids is 2. The van der Waals surface area contributed by atoms with Crippen molar-refractivity contribution in [1.29, 1.82) is 0 Å². The zero-order valence-electron chi connectivity index (χ0n) is 20.7. The van der Waals surface area contributed by atoms with Crippen LogP contribution in [0.5, 0.6) is 5.75 Å². The first-order chi connectivity index (χ1) is 17.5. The zero-order chi connectivity index (χ0) is 27.1. The number of pyridine rings is 1. The predicted octanol–water partition coefficient (Wildman–Crippen LogP) is 3.08. The lowest BCUT2D eigenvalue weighted by molar-refractivity contribution is 0.0203. The predicted molar refractivity (Wildman–Crippen MR) is 128 cm³/mol. The zero-order valence-corrected chi connectivity index (χ0v) is 20.7. The number of hydrogen-bond donors (Lipinski definition) is 2. The van der Waals surface area contributed by atoms with Gasteiger partial charge in [-0.3, -0.25) is 14.4 Å². The lowest BCUT2D eigenvalue weighted by atomic mass is 9.93. The Labute approximate surface area is 211 Å². The fourth-order valence-corrected chi connectivity index (χ4v) is 4.54. The number of benzene rings is 1. The monoisotopic (exact) mass is 519 g/mol. The van der Waals surface area contributed by atoms with Crippen LogP contribution in [0.15, 0.2) is 35.3 Å². The highest BCUT2D eigenvalue weighted by Crippen LogP contribution is 2.37. The minimum atomic E-state index is -1.44. The quantitative estimate of drug-likeness (QED) is 0.433. The van der Waals surface area contributed by atoms with Crippen molar-refractivity contribution in [2.45, 2.75) is 57.8 Å². The Morgan fingerprint density at radius 1 is 1.24 bits per heavy atom. The third-order valence-corrected chi connectivity index (χ3v) is 6.76. The standard InChI is InChI=1S/C26H28F3N3O5/c1-4-5-8-37-23-21-25(35)31-13-20(26(3,36)7-6-14(31)2)32(21)12-17(22(23)33)24(34)30-11-16-18(28)9-15(27)10-19(16)29/h6-7,9-10,12,14,20,36H,4-5,8,11,13H2,1-3H3,(H,30,34)/t14-,20+,26-/m0/s1. The largest absolute Gasteiger partial charge is 0.487 e. The summed E-state index contributed by atoms with van der Waals surface area (Å²) in [6.45, 7) is 4.82. The summed E-state index contributed by atoms with van der Waals surface area (Å²) in [6, 6.07) is -0.148. The van der Waals surface area contributed by atoms with Gasteiger partial charge in [-0.05, 0) is 20.3 Å². The van der Waals surface area contributed by atoms with Crippen LogP contribution in [-0.2, 0) is 6.54 Å². The summed E-state index contributed by atoms with van der Waals surface area (Å²) in [5, 5.41) is 13.5. The number of carbonyl (C=O) groups is 2. The van der Waals surface area contributed by atoms with E-state index in [4.69, 9.17) is 4.74 Å². The second-order valence-corrected chi connectivity index (χ2v) is 9.49. The number of amides is 2. The molecule has 0 aliphatic carbocycles. The van der Waals surface area contributed by atoms with Crippen LogP contribution in [0.3, 0.4) is 0 Å². The van der Waals surface area contributed by atoms with Gasteiger partial charge in [-0.25, -0.2) is 13.2 Å². The second kappa shape index (κ2) is 10.0. The lowest BCUT2D eigenvalue weighted by Crippen LogP contribution is -2.52. The number of halogens is 3. The Balaban J connectivity index is 1.79. The molecule has 198 valence electrons. The van der Waals surface area contributed by atoms with Gasteiger partial charge in [0, 0.05) is 43.0 Å². The molecule has 0 unspecified atom stereocenters. The summed E-state index contributed by atoms with van der Waals surface area (Å²) < 4.78 is 48.4. The number of aliphatic hydroxyl groups is 1. The Morgan fingerprint density at radius 2 is 1.92 bits per heavy atom. The molecule has 4 rings (SSSR count). The minimum absolute atomic E-state index is 0.0830. The molecule has 0 fully saturated rings. The number of unbranched alkanes of at least 4 members (excludes halogenated alkanes) is 1. The van der Waals surface area contributed by atoms with Crippen molar-refractivity contribution in [3.63, 3.8) is 0 Å². The van der Waals surface area contributed by atoms with Gasteiger partial charge in [0.2, 0.25) is 5.43 Å². The maximum absolute atomic E-state index is 14.1. The van der Waals surface area contributed by atoms with Gasteiger partial charge in [0.15, 0.2) is 11.4 Å². The first-order valence-corrected chi connectivity index (χ1v) is 12.0. The van der Waals surface area contributed by atoms with Gasteiger partial charge >= 0.3 is 0 Å². The molecule has 1 aromatic heterocycles. The molecule has 2 aromatic rings. The van der Waals surface area contributed by atoms with E-state index >= 15 is 0 Å². The van der Waals surface area contributed by atoms with Crippen LogP contribution in [0, 0.1) is 17.5 Å². The van der Waals surface area contributed by atoms with Crippen LogP contribution in [0.2, 0.25) is 0 Å². The first-order valence-electron chi connectivity index (χ1n) is 12.0. The molecule has 2 aliphatic rings. The van der Waals surface area contributed by atoms with E-state index in [-0.39, 0.29) is 30.6 Å². The van der Waals surface area contributed by atoms with E-state index in [0.29, 0.717) is 18.6 Å². The summed E-state index contributed by atoms with van der Waals surface area (Å²) in [5.74, 6) is -5.28. The van der Waals surface area contributed by atoms with Gasteiger partial charge < -0.3 is 24.6 Å². The van der Waals surface area contributed by atoms with Gasteiger partial charge in [0.05, 0.1) is 12.6 Å². The Hall–Kier alpha value is -3.60. The molecule has 2 amide bonds. The topological polar surface area (TPSA) is 101 Å². The number of nitrogens with one attached hydrogen (secondary N) is 1. The van der Waals surface area contributed by atoms with Crippen LogP contribution in [-0.4, -0.2) is 51.2 Å². The second-order valence-electron chi connectivity index (χ2n) is 9.49. The fraction of sp³-hybridized carbons (Fsp3) is 0.423.